The lowest BCUT2D eigenvalue weighted by Gasteiger charge is -2.05. The maximum atomic E-state index is 5.69. The number of ether oxygens (including phenoxy) is 2. The maximum Gasteiger partial charge on any atom is 0.163 e. The first kappa shape index (κ1) is 11.3. The van der Waals surface area contributed by atoms with Gasteiger partial charge in [0.25, 0.3) is 0 Å². The Morgan fingerprint density at radius 1 is 1.10 bits per heavy atom. The second kappa shape index (κ2) is 4.52. The molecule has 5 heteroatoms. The van der Waals surface area contributed by atoms with Crippen molar-refractivity contribution < 1.29 is 9.47 Å². The van der Waals surface area contributed by atoms with E-state index in [2.05, 4.69) is 15.0 Å². The van der Waals surface area contributed by atoms with Crippen molar-refractivity contribution in [2.45, 2.75) is 6.42 Å². The molecule has 0 spiro atoms. The number of H-pyrrole nitrogens is 1. The third-order valence-electron chi connectivity index (χ3n) is 3.29. The second-order valence-corrected chi connectivity index (χ2v) is 4.69. The summed E-state index contributed by atoms with van der Waals surface area (Å²) in [6, 6.07) is 7.74. The Morgan fingerprint density at radius 3 is 2.75 bits per heavy atom. The molecule has 0 fully saturated rings. The van der Waals surface area contributed by atoms with Crippen LogP contribution in [0.2, 0.25) is 0 Å². The number of benzene rings is 1. The van der Waals surface area contributed by atoms with Gasteiger partial charge in [-0.15, -0.1) is 0 Å². The first-order valence-electron chi connectivity index (χ1n) is 6.60. The number of imidazole rings is 1. The minimum atomic E-state index is 0.679. The molecule has 0 atom stereocenters. The minimum absolute atomic E-state index is 0.679. The van der Waals surface area contributed by atoms with E-state index in [4.69, 9.17) is 9.47 Å². The zero-order valence-electron chi connectivity index (χ0n) is 10.8. The van der Waals surface area contributed by atoms with Crippen LogP contribution in [0.4, 0.5) is 0 Å². The van der Waals surface area contributed by atoms with E-state index < -0.39 is 0 Å². The summed E-state index contributed by atoms with van der Waals surface area (Å²) in [6.07, 6.45) is 4.43. The summed E-state index contributed by atoms with van der Waals surface area (Å²) < 4.78 is 11.4. The lowest BCUT2D eigenvalue weighted by atomic mass is 10.3. The smallest absolute Gasteiger partial charge is 0.163 e. The van der Waals surface area contributed by atoms with E-state index in [9.17, 15) is 0 Å². The minimum Gasteiger partial charge on any atom is -0.489 e. The Morgan fingerprint density at radius 2 is 1.95 bits per heavy atom. The van der Waals surface area contributed by atoms with Crippen LogP contribution in [0.1, 0.15) is 6.42 Å². The van der Waals surface area contributed by atoms with Gasteiger partial charge in [0.2, 0.25) is 0 Å². The number of hydrogen-bond donors (Lipinski definition) is 1. The van der Waals surface area contributed by atoms with Crippen LogP contribution in [-0.2, 0) is 0 Å². The lowest BCUT2D eigenvalue weighted by Crippen LogP contribution is -1.97. The molecule has 4 rings (SSSR count). The normalized spacial score (nSPS) is 14.2. The van der Waals surface area contributed by atoms with Crippen LogP contribution >= 0.6 is 0 Å². The number of fused-ring (bicyclic) bond motifs is 2. The quantitative estimate of drug-likeness (QED) is 0.736. The Bertz CT molecular complexity index is 709. The van der Waals surface area contributed by atoms with Gasteiger partial charge in [0.05, 0.1) is 24.2 Å². The zero-order chi connectivity index (χ0) is 13.4. The standard InChI is InChI=1S/C15H13N3O2/c1-3-10(9-16-4-1)15-17-11-7-13-14(8-12(11)18-15)20-6-2-5-19-13/h1,3-4,7-9H,2,5-6H2,(H,17,18). The van der Waals surface area contributed by atoms with E-state index in [0.29, 0.717) is 13.2 Å². The predicted molar refractivity (Wildman–Crippen MR) is 74.9 cm³/mol. The fourth-order valence-corrected chi connectivity index (χ4v) is 2.31. The van der Waals surface area contributed by atoms with Crippen molar-refractivity contribution in [3.8, 4) is 22.9 Å². The number of aromatic nitrogens is 3. The van der Waals surface area contributed by atoms with Crippen LogP contribution in [0.25, 0.3) is 22.4 Å². The van der Waals surface area contributed by atoms with E-state index in [1.54, 1.807) is 12.4 Å². The molecule has 0 radical (unpaired) electrons. The molecule has 2 aromatic heterocycles. The molecule has 5 nitrogen and oxygen atoms in total. The van der Waals surface area contributed by atoms with Crippen LogP contribution in [-0.4, -0.2) is 28.2 Å². The van der Waals surface area contributed by atoms with Gasteiger partial charge in [0.1, 0.15) is 5.82 Å². The number of rotatable bonds is 1. The van der Waals surface area contributed by atoms with Crippen molar-refractivity contribution in [1.82, 2.24) is 15.0 Å². The van der Waals surface area contributed by atoms with Gasteiger partial charge < -0.3 is 14.5 Å². The first-order chi connectivity index (χ1) is 9.90. The third-order valence-corrected chi connectivity index (χ3v) is 3.29. The molecule has 3 aromatic rings. The van der Waals surface area contributed by atoms with Crippen molar-refractivity contribution in [3.05, 3.63) is 36.7 Å². The number of aromatic amines is 1. The summed E-state index contributed by atoms with van der Waals surface area (Å²) >= 11 is 0. The summed E-state index contributed by atoms with van der Waals surface area (Å²) in [6.45, 7) is 1.36. The number of hydrogen-bond acceptors (Lipinski definition) is 4. The summed E-state index contributed by atoms with van der Waals surface area (Å²) in [5, 5.41) is 0. The van der Waals surface area contributed by atoms with Crippen molar-refractivity contribution in [3.63, 3.8) is 0 Å². The molecule has 0 bridgehead atoms. The molecule has 1 aliphatic rings. The Kier molecular flexibility index (Phi) is 2.55. The zero-order valence-corrected chi connectivity index (χ0v) is 10.8. The molecule has 1 N–H and O–H groups in total. The Hall–Kier alpha value is -2.56. The Balaban J connectivity index is 1.84. The number of nitrogens with one attached hydrogen (secondary N) is 1. The van der Waals surface area contributed by atoms with E-state index in [1.165, 1.54) is 0 Å². The molecule has 0 aliphatic carbocycles. The number of pyridine rings is 1. The SMILES string of the molecule is c1cncc(-c2nc3cc4c(cc3[nH]2)OCCCO4)c1. The van der Waals surface area contributed by atoms with Crippen LogP contribution in [0.3, 0.4) is 0 Å². The lowest BCUT2D eigenvalue weighted by molar-refractivity contribution is 0.297. The van der Waals surface area contributed by atoms with E-state index in [-0.39, 0.29) is 0 Å². The fraction of sp³-hybridized carbons (Fsp3) is 0.200. The highest BCUT2D eigenvalue weighted by Gasteiger charge is 2.14. The van der Waals surface area contributed by atoms with Crippen LogP contribution in [0.15, 0.2) is 36.7 Å². The van der Waals surface area contributed by atoms with Gasteiger partial charge in [-0.1, -0.05) is 0 Å². The summed E-state index contributed by atoms with van der Waals surface area (Å²) in [4.78, 5) is 12.0. The van der Waals surface area contributed by atoms with Gasteiger partial charge in [0.15, 0.2) is 11.5 Å². The van der Waals surface area contributed by atoms with Crippen molar-refractivity contribution >= 4 is 11.0 Å². The highest BCUT2D eigenvalue weighted by molar-refractivity contribution is 5.83. The number of nitrogens with zero attached hydrogens (tertiary/aromatic N) is 2. The average molecular weight is 267 g/mol. The molecule has 100 valence electrons. The molecule has 1 aliphatic heterocycles. The summed E-state index contributed by atoms with van der Waals surface area (Å²) in [5.41, 5.74) is 2.77. The molecule has 0 amide bonds. The fourth-order valence-electron chi connectivity index (χ4n) is 2.31. The molecule has 0 unspecified atom stereocenters. The van der Waals surface area contributed by atoms with Crippen molar-refractivity contribution in [2.75, 3.05) is 13.2 Å². The van der Waals surface area contributed by atoms with Gasteiger partial charge in [-0.05, 0) is 12.1 Å². The highest BCUT2D eigenvalue weighted by atomic mass is 16.5. The van der Waals surface area contributed by atoms with Gasteiger partial charge in [-0.3, -0.25) is 4.98 Å². The van der Waals surface area contributed by atoms with E-state index in [0.717, 1.165) is 40.3 Å². The van der Waals surface area contributed by atoms with Gasteiger partial charge in [-0.25, -0.2) is 4.98 Å². The second-order valence-electron chi connectivity index (χ2n) is 4.69. The van der Waals surface area contributed by atoms with Crippen LogP contribution in [0.5, 0.6) is 11.5 Å². The topological polar surface area (TPSA) is 60.0 Å². The van der Waals surface area contributed by atoms with Crippen LogP contribution < -0.4 is 9.47 Å². The summed E-state index contributed by atoms with van der Waals surface area (Å²) in [5.74, 6) is 2.34. The van der Waals surface area contributed by atoms with Gasteiger partial charge >= 0.3 is 0 Å². The maximum absolute atomic E-state index is 5.69. The predicted octanol–water partition coefficient (Wildman–Crippen LogP) is 2.79. The highest BCUT2D eigenvalue weighted by Crippen LogP contribution is 2.34. The average Bonchev–Trinajstić information content (AvgIpc) is 2.76. The molecule has 3 heterocycles. The van der Waals surface area contributed by atoms with Gasteiger partial charge in [-0.2, -0.15) is 0 Å². The van der Waals surface area contributed by atoms with Crippen molar-refractivity contribution in [2.24, 2.45) is 0 Å². The molecule has 0 saturated carbocycles. The van der Waals surface area contributed by atoms with Crippen LogP contribution in [0, 0.1) is 0 Å². The molecule has 0 saturated heterocycles. The molecular formula is C15H13N3O2. The molecular weight excluding hydrogens is 254 g/mol. The molecule has 20 heavy (non-hydrogen) atoms. The van der Waals surface area contributed by atoms with E-state index in [1.807, 2.05) is 24.3 Å². The summed E-state index contributed by atoms with van der Waals surface area (Å²) in [7, 11) is 0. The van der Waals surface area contributed by atoms with E-state index >= 15 is 0 Å². The largest absolute Gasteiger partial charge is 0.489 e. The Labute approximate surface area is 115 Å². The van der Waals surface area contributed by atoms with Gasteiger partial charge in [0, 0.05) is 36.5 Å². The first-order valence-corrected chi connectivity index (χ1v) is 6.60. The third kappa shape index (κ3) is 1.87. The van der Waals surface area contributed by atoms with Crippen molar-refractivity contribution in [1.29, 1.82) is 0 Å². The molecule has 1 aromatic carbocycles. The monoisotopic (exact) mass is 267 g/mol.